The summed E-state index contributed by atoms with van der Waals surface area (Å²) in [7, 11) is 0. The predicted octanol–water partition coefficient (Wildman–Crippen LogP) is 4.38. The van der Waals surface area contributed by atoms with Crippen LogP contribution < -0.4 is 5.32 Å². The van der Waals surface area contributed by atoms with Gasteiger partial charge in [0.1, 0.15) is 10.0 Å². The van der Waals surface area contributed by atoms with Gasteiger partial charge in [0.05, 0.1) is 9.83 Å². The van der Waals surface area contributed by atoms with E-state index in [1.807, 2.05) is 36.4 Å². The Labute approximate surface area is 182 Å². The van der Waals surface area contributed by atoms with Gasteiger partial charge in [-0.3, -0.25) is 24.6 Å². The maximum absolute atomic E-state index is 12.6. The molecule has 30 heavy (non-hydrogen) atoms. The Bertz CT molecular complexity index is 1050. The molecule has 1 fully saturated rings. The number of amides is 2. The van der Waals surface area contributed by atoms with E-state index in [-0.39, 0.29) is 30.2 Å². The highest BCUT2D eigenvalue weighted by Gasteiger charge is 2.31. The van der Waals surface area contributed by atoms with Crippen LogP contribution in [0.4, 0.5) is 11.4 Å². The summed E-state index contributed by atoms with van der Waals surface area (Å²) in [6.45, 7) is 0.0941. The van der Waals surface area contributed by atoms with Crippen LogP contribution in [-0.4, -0.2) is 32.5 Å². The fourth-order valence-electron chi connectivity index (χ4n) is 2.68. The Morgan fingerprint density at radius 2 is 1.87 bits per heavy atom. The van der Waals surface area contributed by atoms with E-state index in [9.17, 15) is 19.7 Å². The molecule has 0 aromatic heterocycles. The molecule has 0 atom stereocenters. The molecular formula is C21H17N3O4S2. The quantitative estimate of drug-likeness (QED) is 0.298. The molecule has 1 heterocycles. The smallest absolute Gasteiger partial charge is 0.292 e. The third-order valence-corrected chi connectivity index (χ3v) is 5.54. The number of allylic oxidation sites excluding steroid dienone is 2. The zero-order valence-electron chi connectivity index (χ0n) is 15.7. The molecule has 1 saturated heterocycles. The van der Waals surface area contributed by atoms with Crippen molar-refractivity contribution in [2.24, 2.45) is 0 Å². The third kappa shape index (κ3) is 5.40. The molecule has 2 aromatic carbocycles. The summed E-state index contributed by atoms with van der Waals surface area (Å²) in [5.74, 6) is -0.701. The summed E-state index contributed by atoms with van der Waals surface area (Å²) in [5, 5.41) is 13.6. The van der Waals surface area contributed by atoms with Crippen molar-refractivity contribution >= 4 is 57.6 Å². The molecule has 7 nitrogen and oxygen atoms in total. The summed E-state index contributed by atoms with van der Waals surface area (Å²) >= 11 is 6.43. The molecule has 1 aliphatic heterocycles. The van der Waals surface area contributed by atoms with Gasteiger partial charge in [0.15, 0.2) is 0 Å². The van der Waals surface area contributed by atoms with Gasteiger partial charge in [0.2, 0.25) is 5.91 Å². The van der Waals surface area contributed by atoms with Crippen molar-refractivity contribution in [3.63, 3.8) is 0 Å². The van der Waals surface area contributed by atoms with Crippen molar-refractivity contribution < 1.29 is 14.5 Å². The van der Waals surface area contributed by atoms with Gasteiger partial charge in [-0.15, -0.1) is 0 Å². The van der Waals surface area contributed by atoms with E-state index in [1.54, 1.807) is 18.2 Å². The van der Waals surface area contributed by atoms with E-state index in [2.05, 4.69) is 5.32 Å². The van der Waals surface area contributed by atoms with Gasteiger partial charge >= 0.3 is 0 Å². The number of thioether (sulfide) groups is 1. The Morgan fingerprint density at radius 1 is 1.17 bits per heavy atom. The Balaban J connectivity index is 1.58. The van der Waals surface area contributed by atoms with Gasteiger partial charge in [-0.25, -0.2) is 0 Å². The maximum atomic E-state index is 12.6. The number of carbonyl (C=O) groups excluding carboxylic acids is 2. The first-order valence-electron chi connectivity index (χ1n) is 8.96. The molecule has 0 unspecified atom stereocenters. The standard InChI is InChI=1S/C21H17N3O4S2/c25-19(22-16-10-4-5-11-17(16)24(27)28)13-14-23-20(26)18(30-21(23)29)12-6-9-15-7-2-1-3-8-15/h1-12H,13-14H2,(H,22,25). The SMILES string of the molecule is O=C(CCN1C(=O)C(=CC=Cc2ccccc2)SC1=S)Nc1ccccc1[N+](=O)[O-]. The third-order valence-electron chi connectivity index (χ3n) is 4.15. The van der Waals surface area contributed by atoms with Crippen LogP contribution in [0.5, 0.6) is 0 Å². The molecule has 2 aromatic rings. The number of hydrogen-bond donors (Lipinski definition) is 1. The maximum Gasteiger partial charge on any atom is 0.292 e. The van der Waals surface area contributed by atoms with Gasteiger partial charge in [-0.05, 0) is 17.7 Å². The first kappa shape index (κ1) is 21.4. The molecule has 2 amide bonds. The van der Waals surface area contributed by atoms with E-state index in [1.165, 1.54) is 34.9 Å². The fraction of sp³-hybridized carbons (Fsp3) is 0.0952. The number of benzene rings is 2. The molecule has 0 radical (unpaired) electrons. The number of rotatable bonds is 7. The number of para-hydroxylation sites is 2. The average molecular weight is 440 g/mol. The van der Waals surface area contributed by atoms with Crippen molar-refractivity contribution in [3.8, 4) is 0 Å². The van der Waals surface area contributed by atoms with E-state index in [0.29, 0.717) is 9.23 Å². The fourth-order valence-corrected chi connectivity index (χ4v) is 3.94. The topological polar surface area (TPSA) is 92.6 Å². The summed E-state index contributed by atoms with van der Waals surface area (Å²) < 4.78 is 0.373. The lowest BCUT2D eigenvalue weighted by Crippen LogP contribution is -2.31. The first-order chi connectivity index (χ1) is 14.5. The molecule has 9 heteroatoms. The van der Waals surface area contributed by atoms with Crippen molar-refractivity contribution in [3.05, 3.63) is 87.3 Å². The second-order valence-corrected chi connectivity index (χ2v) is 7.87. The second-order valence-electron chi connectivity index (χ2n) is 6.20. The van der Waals surface area contributed by atoms with Gasteiger partial charge in [-0.2, -0.15) is 0 Å². The van der Waals surface area contributed by atoms with Crippen LogP contribution in [0.15, 0.2) is 71.7 Å². The van der Waals surface area contributed by atoms with Crippen LogP contribution in [0.2, 0.25) is 0 Å². The van der Waals surface area contributed by atoms with Gasteiger partial charge in [-0.1, -0.05) is 78.6 Å². The highest BCUT2D eigenvalue weighted by atomic mass is 32.2. The van der Waals surface area contributed by atoms with Gasteiger partial charge in [0.25, 0.3) is 11.6 Å². The summed E-state index contributed by atoms with van der Waals surface area (Å²) in [6, 6.07) is 15.6. The monoisotopic (exact) mass is 439 g/mol. The highest BCUT2D eigenvalue weighted by molar-refractivity contribution is 8.26. The Hall–Kier alpha value is -3.30. The molecule has 152 valence electrons. The number of carbonyl (C=O) groups is 2. The number of anilines is 1. The molecular weight excluding hydrogens is 422 g/mol. The lowest BCUT2D eigenvalue weighted by atomic mass is 10.2. The lowest BCUT2D eigenvalue weighted by Gasteiger charge is -2.14. The van der Waals surface area contributed by atoms with Crippen LogP contribution >= 0.6 is 24.0 Å². The number of nitrogens with one attached hydrogen (secondary N) is 1. The molecule has 1 aliphatic rings. The minimum absolute atomic E-state index is 0.0361. The number of thiocarbonyl (C=S) groups is 1. The molecule has 1 N–H and O–H groups in total. The van der Waals surface area contributed by atoms with Crippen molar-refractivity contribution in [2.45, 2.75) is 6.42 Å². The van der Waals surface area contributed by atoms with Crippen LogP contribution in [-0.2, 0) is 9.59 Å². The Kier molecular flexibility index (Phi) is 7.10. The van der Waals surface area contributed by atoms with Gasteiger partial charge in [0, 0.05) is 19.0 Å². The molecule has 3 rings (SSSR count). The van der Waals surface area contributed by atoms with E-state index < -0.39 is 10.8 Å². The molecule has 0 spiro atoms. The zero-order valence-corrected chi connectivity index (χ0v) is 17.3. The second kappa shape index (κ2) is 9.95. The minimum atomic E-state index is -0.564. The van der Waals surface area contributed by atoms with E-state index in [0.717, 1.165) is 5.56 Å². The van der Waals surface area contributed by atoms with Crippen molar-refractivity contribution in [2.75, 3.05) is 11.9 Å². The van der Waals surface area contributed by atoms with Crippen molar-refractivity contribution in [1.82, 2.24) is 4.90 Å². The minimum Gasteiger partial charge on any atom is -0.320 e. The normalized spacial score (nSPS) is 15.2. The summed E-state index contributed by atoms with van der Waals surface area (Å²) in [4.78, 5) is 37.1. The van der Waals surface area contributed by atoms with Crippen LogP contribution in [0.25, 0.3) is 6.08 Å². The number of hydrogen-bond acceptors (Lipinski definition) is 6. The first-order valence-corrected chi connectivity index (χ1v) is 10.2. The summed E-state index contributed by atoms with van der Waals surface area (Å²) in [5.41, 5.74) is 0.935. The molecule has 0 saturated carbocycles. The number of nitrogens with zero attached hydrogens (tertiary/aromatic N) is 2. The van der Waals surface area contributed by atoms with E-state index in [4.69, 9.17) is 12.2 Å². The van der Waals surface area contributed by atoms with Crippen LogP contribution in [0.1, 0.15) is 12.0 Å². The van der Waals surface area contributed by atoms with Crippen LogP contribution in [0.3, 0.4) is 0 Å². The predicted molar refractivity (Wildman–Crippen MR) is 122 cm³/mol. The number of nitro benzene ring substituents is 1. The zero-order chi connectivity index (χ0) is 21.5. The molecule has 0 aliphatic carbocycles. The average Bonchev–Trinajstić information content (AvgIpc) is 3.00. The Morgan fingerprint density at radius 3 is 2.60 bits per heavy atom. The van der Waals surface area contributed by atoms with Gasteiger partial charge < -0.3 is 5.32 Å². The molecule has 0 bridgehead atoms. The number of nitro groups is 1. The largest absolute Gasteiger partial charge is 0.320 e. The highest BCUT2D eigenvalue weighted by Crippen LogP contribution is 2.31. The van der Waals surface area contributed by atoms with Crippen LogP contribution in [0, 0.1) is 10.1 Å². The van der Waals surface area contributed by atoms with E-state index >= 15 is 0 Å². The lowest BCUT2D eigenvalue weighted by molar-refractivity contribution is -0.383. The van der Waals surface area contributed by atoms with Crippen molar-refractivity contribution in [1.29, 1.82) is 0 Å². The summed E-state index contributed by atoms with van der Waals surface area (Å²) in [6.07, 6.45) is 5.32.